The summed E-state index contributed by atoms with van der Waals surface area (Å²) in [6.07, 6.45) is 14.3. The van der Waals surface area contributed by atoms with Crippen LogP contribution >= 0.6 is 0 Å². The number of amides is 2. The molecule has 0 aromatic heterocycles. The summed E-state index contributed by atoms with van der Waals surface area (Å²) >= 11 is 0. The van der Waals surface area contributed by atoms with E-state index in [1.165, 1.54) is 18.4 Å². The number of hydrogen-bond acceptors (Lipinski definition) is 10. The Morgan fingerprint density at radius 2 is 1.70 bits per heavy atom. The van der Waals surface area contributed by atoms with Crippen molar-refractivity contribution in [1.82, 2.24) is 15.3 Å². The van der Waals surface area contributed by atoms with Gasteiger partial charge in [-0.15, -0.1) is 0 Å². The topological polar surface area (TPSA) is 139 Å². The number of aliphatic hydroxyl groups excluding tert-OH is 1. The molecule has 3 saturated carbocycles. The zero-order valence-corrected chi connectivity index (χ0v) is 37.3. The van der Waals surface area contributed by atoms with Gasteiger partial charge in [-0.25, -0.2) is 0 Å². The van der Waals surface area contributed by atoms with E-state index in [0.717, 1.165) is 68.9 Å². The van der Waals surface area contributed by atoms with Crippen molar-refractivity contribution in [3.63, 3.8) is 0 Å². The summed E-state index contributed by atoms with van der Waals surface area (Å²) in [7, 11) is 0. The van der Waals surface area contributed by atoms with E-state index in [1.54, 1.807) is 9.96 Å². The van der Waals surface area contributed by atoms with Gasteiger partial charge in [-0.3, -0.25) is 19.2 Å². The van der Waals surface area contributed by atoms with Crippen molar-refractivity contribution in [3.8, 4) is 0 Å². The third-order valence-electron chi connectivity index (χ3n) is 16.3. The molecule has 2 amide bonds. The van der Waals surface area contributed by atoms with Crippen molar-refractivity contribution in [2.45, 2.75) is 198 Å². The third-order valence-corrected chi connectivity index (χ3v) is 16.3. The maximum atomic E-state index is 15.6. The van der Waals surface area contributed by atoms with Gasteiger partial charge in [0.25, 0.3) is 0 Å². The monoisotopic (exact) mass is 846 g/mol. The molecule has 8 aliphatic rings. The molecule has 8 fully saturated rings. The van der Waals surface area contributed by atoms with Crippen LogP contribution in [-0.4, -0.2) is 107 Å². The highest BCUT2D eigenvalue weighted by molar-refractivity contribution is 5.96. The summed E-state index contributed by atoms with van der Waals surface area (Å²) in [5.41, 5.74) is 2.50. The van der Waals surface area contributed by atoms with Crippen molar-refractivity contribution in [2.75, 3.05) is 19.7 Å². The lowest BCUT2D eigenvalue weighted by Crippen LogP contribution is -2.70. The van der Waals surface area contributed by atoms with E-state index in [1.807, 2.05) is 6.07 Å². The highest BCUT2D eigenvalue weighted by Crippen LogP contribution is 2.61. The fraction of sp³-hybridized carbons (Fsp3) is 0.776. The second-order valence-electron chi connectivity index (χ2n) is 20.7. The minimum absolute atomic E-state index is 0.00449. The molecule has 1 aromatic rings. The quantitative estimate of drug-likeness (QED) is 0.108. The summed E-state index contributed by atoms with van der Waals surface area (Å²) < 4.78 is 26.8. The zero-order valence-electron chi connectivity index (χ0n) is 37.3. The average Bonchev–Trinajstić information content (AvgIpc) is 3.62. The molecule has 9 rings (SSSR count). The van der Waals surface area contributed by atoms with Crippen LogP contribution in [0, 0.1) is 22.7 Å². The fourth-order valence-corrected chi connectivity index (χ4v) is 12.9. The Morgan fingerprint density at radius 3 is 2.44 bits per heavy atom. The minimum atomic E-state index is -1.36. The first-order chi connectivity index (χ1) is 29.4. The molecule has 2 bridgehead atoms. The van der Waals surface area contributed by atoms with Crippen LogP contribution in [0.15, 0.2) is 29.8 Å². The number of hydrogen-bond donors (Lipinski definition) is 2. The van der Waals surface area contributed by atoms with Gasteiger partial charge in [0, 0.05) is 32.4 Å². The van der Waals surface area contributed by atoms with Gasteiger partial charge >= 0.3 is 5.97 Å². The first-order valence-corrected chi connectivity index (χ1v) is 24.0. The summed E-state index contributed by atoms with van der Waals surface area (Å²) in [5, 5.41) is 14.0. The standard InChI is InChI=1S/C49H71N3O9/c1-6-8-12-21-48(22-13-9-7-2)59-39-37-29-49(45(56)51-25-14-17-36(51)43(54)50-24-26-53)41(44(55)57-37)52(61-42(49)40(39)60-48)30-33-16-11-10-15-31(33)27-32-18-19-38-47(5,58-38)23-20-35-34(32)28-46(35,3)4/h10-11,15-16,27,34-42,53H,6-9,12-14,17-26,28-30H2,1-5H3,(H,50,54)/t34-,35-,36-,37-,38?,39+,40+,41+,42-,47-,49+/m1/s1. The number of epoxide rings is 1. The maximum Gasteiger partial charge on any atom is 0.327 e. The predicted octanol–water partition coefficient (Wildman–Crippen LogP) is 7.00. The Morgan fingerprint density at radius 1 is 0.951 bits per heavy atom. The Balaban J connectivity index is 1.07. The molecule has 0 radical (unpaired) electrons. The smallest absolute Gasteiger partial charge is 0.327 e. The number of likely N-dealkylation sites (tertiary alicyclic amines) is 1. The lowest BCUT2D eigenvalue weighted by molar-refractivity contribution is -0.225. The van der Waals surface area contributed by atoms with Crippen molar-refractivity contribution < 1.29 is 43.3 Å². The molecular weight excluding hydrogens is 775 g/mol. The highest BCUT2D eigenvalue weighted by atomic mass is 16.8. The van der Waals surface area contributed by atoms with Gasteiger partial charge < -0.3 is 34.3 Å². The molecule has 336 valence electrons. The van der Waals surface area contributed by atoms with Crippen molar-refractivity contribution in [3.05, 3.63) is 41.0 Å². The van der Waals surface area contributed by atoms with Crippen LogP contribution in [0.2, 0.25) is 0 Å². The number of benzene rings is 1. The van der Waals surface area contributed by atoms with Crippen LogP contribution in [0.25, 0.3) is 6.08 Å². The zero-order chi connectivity index (χ0) is 42.7. The lowest BCUT2D eigenvalue weighted by atomic mass is 9.52. The second kappa shape index (κ2) is 16.9. The van der Waals surface area contributed by atoms with Crippen LogP contribution in [0.1, 0.15) is 148 Å². The highest BCUT2D eigenvalue weighted by Gasteiger charge is 2.77. The number of esters is 1. The SMILES string of the molecule is CCCCCC1(CCCCC)O[C@@H]2[C@H](O1)[C@H]1ON(Cc3ccccc3C=C3CCC4O[C@]4(C)CC[C@@H]4[C@@H]3CC4(C)C)[C@H]3C(=O)O[C@@H]2C[C@@]13C(=O)N1CCC[C@@H]1C(=O)NCCO. The number of nitrogens with zero attached hydrogens (tertiary/aromatic N) is 2. The van der Waals surface area contributed by atoms with Gasteiger partial charge in [0.1, 0.15) is 35.9 Å². The normalized spacial score (nSPS) is 38.7. The molecule has 3 aliphatic carbocycles. The second-order valence-corrected chi connectivity index (χ2v) is 20.7. The number of allylic oxidation sites excluding steroid dienone is 1. The van der Waals surface area contributed by atoms with E-state index in [4.69, 9.17) is 23.8 Å². The fourth-order valence-electron chi connectivity index (χ4n) is 12.9. The van der Waals surface area contributed by atoms with E-state index in [9.17, 15) is 14.7 Å². The molecule has 5 aliphatic heterocycles. The number of fused-ring (bicyclic) bond motifs is 6. The van der Waals surface area contributed by atoms with Gasteiger partial charge in [0.05, 0.1) is 24.9 Å². The number of aliphatic hydroxyl groups is 1. The van der Waals surface area contributed by atoms with Gasteiger partial charge in [-0.05, 0) is 93.1 Å². The molecule has 12 heteroatoms. The summed E-state index contributed by atoms with van der Waals surface area (Å²) in [6, 6.07) is 6.61. The third kappa shape index (κ3) is 7.70. The molecule has 5 heterocycles. The van der Waals surface area contributed by atoms with Crippen LogP contribution in [0.4, 0.5) is 0 Å². The lowest BCUT2D eigenvalue weighted by Gasteiger charge is -2.53. The maximum absolute atomic E-state index is 15.6. The van der Waals surface area contributed by atoms with Crippen molar-refractivity contribution >= 4 is 23.9 Å². The molecule has 5 saturated heterocycles. The van der Waals surface area contributed by atoms with E-state index in [0.29, 0.717) is 50.2 Å². The number of nitrogens with one attached hydrogen (secondary N) is 1. The first-order valence-electron chi connectivity index (χ1n) is 24.0. The molecule has 61 heavy (non-hydrogen) atoms. The van der Waals surface area contributed by atoms with E-state index < -0.39 is 53.7 Å². The Kier molecular flexibility index (Phi) is 12.0. The van der Waals surface area contributed by atoms with Gasteiger partial charge in [-0.2, -0.15) is 5.06 Å². The summed E-state index contributed by atoms with van der Waals surface area (Å²) in [4.78, 5) is 52.5. The van der Waals surface area contributed by atoms with Crippen LogP contribution in [0.3, 0.4) is 0 Å². The molecule has 12 nitrogen and oxygen atoms in total. The van der Waals surface area contributed by atoms with Crippen LogP contribution in [0.5, 0.6) is 0 Å². The molecule has 0 spiro atoms. The predicted molar refractivity (Wildman–Crippen MR) is 228 cm³/mol. The number of carbonyl (C=O) groups excluding carboxylic acids is 3. The van der Waals surface area contributed by atoms with Gasteiger partial charge in [-0.1, -0.05) is 89.3 Å². The van der Waals surface area contributed by atoms with Crippen LogP contribution in [-0.2, 0) is 44.7 Å². The Bertz CT molecular complexity index is 1840. The number of unbranched alkanes of at least 4 members (excludes halogenated alkanes) is 4. The van der Waals surface area contributed by atoms with Crippen LogP contribution < -0.4 is 5.32 Å². The van der Waals surface area contributed by atoms with E-state index in [2.05, 4.69) is 64.2 Å². The minimum Gasteiger partial charge on any atom is -0.458 e. The molecule has 11 atom stereocenters. The number of hydroxylamine groups is 2. The van der Waals surface area contributed by atoms with E-state index in [-0.39, 0.29) is 48.9 Å². The Labute approximate surface area is 362 Å². The van der Waals surface area contributed by atoms with Crippen molar-refractivity contribution in [1.29, 1.82) is 0 Å². The number of ether oxygens (including phenoxy) is 4. The molecule has 1 aromatic carbocycles. The summed E-state index contributed by atoms with van der Waals surface area (Å²) in [5.74, 6) is -0.799. The molecular formula is C49H71N3O9. The molecule has 2 N–H and O–H groups in total. The summed E-state index contributed by atoms with van der Waals surface area (Å²) in [6.45, 7) is 12.0. The van der Waals surface area contributed by atoms with Gasteiger partial charge in [0.15, 0.2) is 11.8 Å². The van der Waals surface area contributed by atoms with Crippen molar-refractivity contribution in [2.24, 2.45) is 22.7 Å². The largest absolute Gasteiger partial charge is 0.458 e. The first kappa shape index (κ1) is 43.4. The Hall–Kier alpha value is -2.87. The van der Waals surface area contributed by atoms with E-state index >= 15 is 4.79 Å². The average molecular weight is 846 g/mol. The number of rotatable bonds is 15. The number of carbonyl (C=O) groups is 3. The van der Waals surface area contributed by atoms with Gasteiger partial charge in [0.2, 0.25) is 11.8 Å². The molecule has 1 unspecified atom stereocenters.